The van der Waals surface area contributed by atoms with Gasteiger partial charge in [-0.2, -0.15) is 13.2 Å². The molecule has 1 aromatic carbocycles. The van der Waals surface area contributed by atoms with Gasteiger partial charge in [0.15, 0.2) is 0 Å². The first-order valence-corrected chi connectivity index (χ1v) is 5.90. The zero-order valence-electron chi connectivity index (χ0n) is 11.0. The van der Waals surface area contributed by atoms with E-state index in [1.807, 2.05) is 0 Å². The molecule has 2 amide bonds. The second-order valence-corrected chi connectivity index (χ2v) is 4.67. The van der Waals surface area contributed by atoms with Crippen LogP contribution in [-0.2, 0) is 11.0 Å². The first-order valence-electron chi connectivity index (χ1n) is 5.90. The third kappa shape index (κ3) is 3.97. The Balaban J connectivity index is 2.85. The van der Waals surface area contributed by atoms with Crippen LogP contribution in [0.25, 0.3) is 0 Å². The normalized spacial score (nSPS) is 13.1. The average Bonchev–Trinajstić information content (AvgIpc) is 2.34. The molecule has 20 heavy (non-hydrogen) atoms. The molecule has 0 bridgehead atoms. The molecule has 4 nitrogen and oxygen atoms in total. The summed E-state index contributed by atoms with van der Waals surface area (Å²) in [6, 6.07) is 2.85. The Bertz CT molecular complexity index is 495. The van der Waals surface area contributed by atoms with Crippen molar-refractivity contribution in [3.63, 3.8) is 0 Å². The molecule has 0 heterocycles. The summed E-state index contributed by atoms with van der Waals surface area (Å²) in [5.41, 5.74) is 4.33. The molecule has 0 aliphatic heterocycles. The van der Waals surface area contributed by atoms with E-state index in [2.05, 4.69) is 5.32 Å². The van der Waals surface area contributed by atoms with Crippen LogP contribution < -0.4 is 11.1 Å². The lowest BCUT2D eigenvalue weighted by Gasteiger charge is -2.19. The predicted octanol–water partition coefficient (Wildman–Crippen LogP) is 1.95. The number of carbonyl (C=O) groups excluding carboxylic acids is 2. The molecular formula is C13H15F3N2O2. The van der Waals surface area contributed by atoms with Crippen molar-refractivity contribution in [2.24, 2.45) is 11.7 Å². The molecule has 0 aliphatic rings. The molecular weight excluding hydrogens is 273 g/mol. The molecule has 0 unspecified atom stereocenters. The van der Waals surface area contributed by atoms with Gasteiger partial charge in [-0.3, -0.25) is 9.59 Å². The summed E-state index contributed by atoms with van der Waals surface area (Å²) < 4.78 is 37.1. The quantitative estimate of drug-likeness (QED) is 0.888. The van der Waals surface area contributed by atoms with Gasteiger partial charge in [0.1, 0.15) is 6.04 Å². The summed E-state index contributed by atoms with van der Waals surface area (Å²) >= 11 is 0. The molecule has 7 heteroatoms. The van der Waals surface area contributed by atoms with Crippen LogP contribution in [0.1, 0.15) is 29.8 Å². The van der Waals surface area contributed by atoms with Crippen molar-refractivity contribution in [3.8, 4) is 0 Å². The molecule has 0 aromatic heterocycles. The number of nitrogens with two attached hydrogens (primary N) is 1. The summed E-state index contributed by atoms with van der Waals surface area (Å²) in [5.74, 6) is -1.55. The number of benzene rings is 1. The maximum Gasteiger partial charge on any atom is 0.416 e. The lowest BCUT2D eigenvalue weighted by molar-refractivity contribution is -0.137. The molecule has 1 aromatic rings. The zero-order chi connectivity index (χ0) is 15.5. The summed E-state index contributed by atoms with van der Waals surface area (Å²) in [6.07, 6.45) is -4.46. The SMILES string of the molecule is CC(C)[C@H](NC(=O)c1ccc(C(F)(F)F)cc1)C(N)=O. The minimum absolute atomic E-state index is 0.0323. The third-order valence-corrected chi connectivity index (χ3v) is 2.73. The average molecular weight is 288 g/mol. The number of rotatable bonds is 4. The summed E-state index contributed by atoms with van der Waals surface area (Å²) in [7, 11) is 0. The van der Waals surface area contributed by atoms with Crippen LogP contribution in [0.5, 0.6) is 0 Å². The molecule has 0 fully saturated rings. The highest BCUT2D eigenvalue weighted by Crippen LogP contribution is 2.29. The van der Waals surface area contributed by atoms with E-state index in [-0.39, 0.29) is 11.5 Å². The van der Waals surface area contributed by atoms with Crippen molar-refractivity contribution < 1.29 is 22.8 Å². The molecule has 3 N–H and O–H groups in total. The van der Waals surface area contributed by atoms with E-state index in [0.29, 0.717) is 0 Å². The first-order chi connectivity index (χ1) is 9.12. The van der Waals surface area contributed by atoms with Gasteiger partial charge in [0.2, 0.25) is 5.91 Å². The van der Waals surface area contributed by atoms with Gasteiger partial charge in [-0.05, 0) is 30.2 Å². The molecule has 0 saturated carbocycles. The Kier molecular flexibility index (Phi) is 4.75. The van der Waals surface area contributed by atoms with Crippen LogP contribution in [0.3, 0.4) is 0 Å². The van der Waals surface area contributed by atoms with Crippen LogP contribution in [-0.4, -0.2) is 17.9 Å². The van der Waals surface area contributed by atoms with E-state index in [1.54, 1.807) is 13.8 Å². The minimum atomic E-state index is -4.46. The highest BCUT2D eigenvalue weighted by Gasteiger charge is 2.30. The fourth-order valence-electron chi connectivity index (χ4n) is 1.60. The molecule has 0 aliphatic carbocycles. The number of hydrogen-bond donors (Lipinski definition) is 2. The van der Waals surface area contributed by atoms with Crippen LogP contribution in [0.2, 0.25) is 0 Å². The van der Waals surface area contributed by atoms with Gasteiger partial charge >= 0.3 is 6.18 Å². The smallest absolute Gasteiger partial charge is 0.368 e. The maximum atomic E-state index is 12.4. The second kappa shape index (κ2) is 5.94. The van der Waals surface area contributed by atoms with E-state index in [9.17, 15) is 22.8 Å². The fraction of sp³-hybridized carbons (Fsp3) is 0.385. The number of carbonyl (C=O) groups is 2. The highest BCUT2D eigenvalue weighted by molar-refractivity contribution is 5.97. The number of nitrogens with one attached hydrogen (secondary N) is 1. The Hall–Kier alpha value is -2.05. The summed E-state index contributed by atoms with van der Waals surface area (Å²) in [5, 5.41) is 2.40. The van der Waals surface area contributed by atoms with Crippen LogP contribution in [0, 0.1) is 5.92 Å². The van der Waals surface area contributed by atoms with Gasteiger partial charge in [0, 0.05) is 5.56 Å². The van der Waals surface area contributed by atoms with E-state index >= 15 is 0 Å². The maximum absolute atomic E-state index is 12.4. The van der Waals surface area contributed by atoms with Crippen molar-refractivity contribution in [1.82, 2.24) is 5.32 Å². The summed E-state index contributed by atoms with van der Waals surface area (Å²) in [4.78, 5) is 23.0. The number of alkyl halides is 3. The van der Waals surface area contributed by atoms with Crippen LogP contribution in [0.15, 0.2) is 24.3 Å². The minimum Gasteiger partial charge on any atom is -0.368 e. The Morgan fingerprint density at radius 1 is 1.15 bits per heavy atom. The highest BCUT2D eigenvalue weighted by atomic mass is 19.4. The van der Waals surface area contributed by atoms with Crippen LogP contribution in [0.4, 0.5) is 13.2 Å². The van der Waals surface area contributed by atoms with E-state index in [0.717, 1.165) is 24.3 Å². The van der Waals surface area contributed by atoms with Crippen molar-refractivity contribution in [2.75, 3.05) is 0 Å². The largest absolute Gasteiger partial charge is 0.416 e. The molecule has 1 atom stereocenters. The molecule has 0 radical (unpaired) electrons. The van der Waals surface area contributed by atoms with Gasteiger partial charge in [0.25, 0.3) is 5.91 Å². The van der Waals surface area contributed by atoms with Gasteiger partial charge in [-0.1, -0.05) is 13.8 Å². The number of hydrogen-bond acceptors (Lipinski definition) is 2. The van der Waals surface area contributed by atoms with E-state index < -0.39 is 29.6 Å². The van der Waals surface area contributed by atoms with E-state index in [4.69, 9.17) is 5.73 Å². The van der Waals surface area contributed by atoms with Crippen molar-refractivity contribution in [3.05, 3.63) is 35.4 Å². The lowest BCUT2D eigenvalue weighted by atomic mass is 10.0. The Labute approximate surface area is 114 Å². The van der Waals surface area contributed by atoms with Gasteiger partial charge in [-0.15, -0.1) is 0 Å². The lowest BCUT2D eigenvalue weighted by Crippen LogP contribution is -2.47. The predicted molar refractivity (Wildman–Crippen MR) is 66.7 cm³/mol. The van der Waals surface area contributed by atoms with Crippen molar-refractivity contribution in [1.29, 1.82) is 0 Å². The van der Waals surface area contributed by atoms with Gasteiger partial charge < -0.3 is 11.1 Å². The Morgan fingerprint density at radius 2 is 1.65 bits per heavy atom. The zero-order valence-corrected chi connectivity index (χ0v) is 11.0. The molecule has 0 saturated heterocycles. The third-order valence-electron chi connectivity index (χ3n) is 2.73. The van der Waals surface area contributed by atoms with Gasteiger partial charge in [0.05, 0.1) is 5.56 Å². The first kappa shape index (κ1) is 16.0. The van der Waals surface area contributed by atoms with Crippen LogP contribution >= 0.6 is 0 Å². The Morgan fingerprint density at radius 3 is 2.00 bits per heavy atom. The van der Waals surface area contributed by atoms with Crippen molar-refractivity contribution >= 4 is 11.8 Å². The topological polar surface area (TPSA) is 72.2 Å². The fourth-order valence-corrected chi connectivity index (χ4v) is 1.60. The number of amides is 2. The van der Waals surface area contributed by atoms with Gasteiger partial charge in [-0.25, -0.2) is 0 Å². The number of halogens is 3. The summed E-state index contributed by atoms with van der Waals surface area (Å²) in [6.45, 7) is 3.39. The molecule has 110 valence electrons. The van der Waals surface area contributed by atoms with E-state index in [1.165, 1.54) is 0 Å². The standard InChI is InChI=1S/C13H15F3N2O2/c1-7(2)10(11(17)19)18-12(20)8-3-5-9(6-4-8)13(14,15)16/h3-7,10H,1-2H3,(H2,17,19)(H,18,20)/t10-/m0/s1. The number of primary amides is 1. The monoisotopic (exact) mass is 288 g/mol. The molecule has 1 rings (SSSR count). The second-order valence-electron chi connectivity index (χ2n) is 4.67. The van der Waals surface area contributed by atoms with Crippen molar-refractivity contribution in [2.45, 2.75) is 26.1 Å². The molecule has 0 spiro atoms.